The highest BCUT2D eigenvalue weighted by Crippen LogP contribution is 2.25. The second-order valence-corrected chi connectivity index (χ2v) is 5.18. The van der Waals surface area contributed by atoms with Crippen molar-refractivity contribution in [3.63, 3.8) is 0 Å². The zero-order chi connectivity index (χ0) is 13.2. The molecule has 0 aliphatic rings. The summed E-state index contributed by atoms with van der Waals surface area (Å²) >= 11 is 0. The molecule has 0 spiro atoms. The fraction of sp³-hybridized carbons (Fsp3) is 0.100. The highest BCUT2D eigenvalue weighted by atomic mass is 32.2. The van der Waals surface area contributed by atoms with Crippen LogP contribution in [0.1, 0.15) is 0 Å². The third kappa shape index (κ3) is 2.38. The summed E-state index contributed by atoms with van der Waals surface area (Å²) in [4.78, 5) is 0.0646. The molecular weight excluding hydrogens is 256 g/mol. The van der Waals surface area contributed by atoms with Gasteiger partial charge in [0, 0.05) is 12.3 Å². The first-order chi connectivity index (χ1) is 8.53. The summed E-state index contributed by atoms with van der Waals surface area (Å²) in [5.74, 6) is 0.310. The number of nitrogens with one attached hydrogen (secondary N) is 2. The van der Waals surface area contributed by atoms with E-state index in [1.165, 1.54) is 37.7 Å². The first kappa shape index (κ1) is 12.2. The van der Waals surface area contributed by atoms with E-state index in [-0.39, 0.29) is 4.90 Å². The van der Waals surface area contributed by atoms with Crippen LogP contribution in [0.2, 0.25) is 0 Å². The van der Waals surface area contributed by atoms with Crippen LogP contribution in [0.5, 0.6) is 5.75 Å². The van der Waals surface area contributed by atoms with Gasteiger partial charge >= 0.3 is 0 Å². The lowest BCUT2D eigenvalue weighted by atomic mass is 10.3. The number of anilines is 2. The molecule has 7 nitrogen and oxygen atoms in total. The van der Waals surface area contributed by atoms with Crippen molar-refractivity contribution in [3.8, 4) is 5.75 Å². The summed E-state index contributed by atoms with van der Waals surface area (Å²) < 4.78 is 31.4. The summed E-state index contributed by atoms with van der Waals surface area (Å²) in [7, 11) is -2.26. The van der Waals surface area contributed by atoms with Gasteiger partial charge in [-0.1, -0.05) is 0 Å². The molecule has 1 aromatic carbocycles. The maximum atomic E-state index is 12.0. The third-order valence-corrected chi connectivity index (χ3v) is 3.64. The van der Waals surface area contributed by atoms with Gasteiger partial charge in [0.25, 0.3) is 10.0 Å². The predicted molar refractivity (Wildman–Crippen MR) is 66.8 cm³/mol. The van der Waals surface area contributed by atoms with Crippen molar-refractivity contribution in [2.45, 2.75) is 4.90 Å². The lowest BCUT2D eigenvalue weighted by molar-refractivity contribution is 0.415. The number of nitrogens with zero attached hydrogens (tertiary/aromatic N) is 1. The molecule has 0 fully saturated rings. The van der Waals surface area contributed by atoms with Gasteiger partial charge in [0.05, 0.1) is 29.6 Å². The van der Waals surface area contributed by atoms with E-state index in [0.29, 0.717) is 17.1 Å². The summed E-state index contributed by atoms with van der Waals surface area (Å²) in [6.07, 6.45) is 2.80. The Labute approximate surface area is 104 Å². The standard InChI is InChI=1S/C10H12N4O3S/c1-17-10-4-8(2-3-9(10)11)18(15,16)14-7-5-12-13-6-7/h2-6,14H,11H2,1H3,(H,12,13). The first-order valence-corrected chi connectivity index (χ1v) is 6.46. The molecule has 0 amide bonds. The predicted octanol–water partition coefficient (Wildman–Crippen LogP) is 0.801. The monoisotopic (exact) mass is 268 g/mol. The number of ether oxygens (including phenoxy) is 1. The van der Waals surface area contributed by atoms with Crippen LogP contribution in [0, 0.1) is 0 Å². The minimum absolute atomic E-state index is 0.0646. The Kier molecular flexibility index (Phi) is 3.11. The molecule has 0 aliphatic carbocycles. The van der Waals surface area contributed by atoms with Crippen LogP contribution >= 0.6 is 0 Å². The molecule has 0 bridgehead atoms. The first-order valence-electron chi connectivity index (χ1n) is 4.98. The number of benzene rings is 1. The molecule has 2 rings (SSSR count). The number of aromatic amines is 1. The number of nitrogens with two attached hydrogens (primary N) is 1. The van der Waals surface area contributed by atoms with E-state index in [2.05, 4.69) is 14.9 Å². The largest absolute Gasteiger partial charge is 0.495 e. The van der Waals surface area contributed by atoms with Crippen molar-refractivity contribution in [2.24, 2.45) is 0 Å². The second kappa shape index (κ2) is 4.57. The quantitative estimate of drug-likeness (QED) is 0.710. The van der Waals surface area contributed by atoms with Gasteiger partial charge in [0.15, 0.2) is 0 Å². The Balaban J connectivity index is 2.35. The number of aromatic nitrogens is 2. The van der Waals surface area contributed by atoms with E-state index in [1.54, 1.807) is 0 Å². The molecule has 1 heterocycles. The minimum Gasteiger partial charge on any atom is -0.495 e. The highest BCUT2D eigenvalue weighted by Gasteiger charge is 2.16. The number of nitrogen functional groups attached to an aromatic ring is 1. The maximum absolute atomic E-state index is 12.0. The van der Waals surface area contributed by atoms with Crippen molar-refractivity contribution in [2.75, 3.05) is 17.6 Å². The Morgan fingerprint density at radius 3 is 2.83 bits per heavy atom. The van der Waals surface area contributed by atoms with Crippen LogP contribution in [-0.4, -0.2) is 25.7 Å². The Hall–Kier alpha value is -2.22. The van der Waals surface area contributed by atoms with E-state index >= 15 is 0 Å². The summed E-state index contributed by atoms with van der Waals surface area (Å²) in [5, 5.41) is 6.17. The molecule has 0 atom stereocenters. The molecule has 0 saturated carbocycles. The number of hydrogen-bond donors (Lipinski definition) is 3. The van der Waals surface area contributed by atoms with Crippen molar-refractivity contribution in [3.05, 3.63) is 30.6 Å². The second-order valence-electron chi connectivity index (χ2n) is 3.50. The fourth-order valence-corrected chi connectivity index (χ4v) is 2.43. The van der Waals surface area contributed by atoms with Crippen LogP contribution in [0.25, 0.3) is 0 Å². The summed E-state index contributed by atoms with van der Waals surface area (Å²) in [6.45, 7) is 0. The number of rotatable bonds is 4. The molecule has 18 heavy (non-hydrogen) atoms. The van der Waals surface area contributed by atoms with E-state index in [0.717, 1.165) is 0 Å². The van der Waals surface area contributed by atoms with Gasteiger partial charge in [0.1, 0.15) is 5.75 Å². The highest BCUT2D eigenvalue weighted by molar-refractivity contribution is 7.92. The minimum atomic E-state index is -3.68. The summed E-state index contributed by atoms with van der Waals surface area (Å²) in [5.41, 5.74) is 6.35. The van der Waals surface area contributed by atoms with Gasteiger partial charge in [0.2, 0.25) is 0 Å². The number of sulfonamides is 1. The van der Waals surface area contributed by atoms with Crippen molar-refractivity contribution < 1.29 is 13.2 Å². The van der Waals surface area contributed by atoms with Gasteiger partial charge in [-0.15, -0.1) is 0 Å². The van der Waals surface area contributed by atoms with E-state index in [1.807, 2.05) is 0 Å². The van der Waals surface area contributed by atoms with E-state index in [9.17, 15) is 8.42 Å². The molecule has 0 aliphatic heterocycles. The normalized spacial score (nSPS) is 11.2. The van der Waals surface area contributed by atoms with Gasteiger partial charge in [-0.25, -0.2) is 8.42 Å². The van der Waals surface area contributed by atoms with Gasteiger partial charge < -0.3 is 10.5 Å². The fourth-order valence-electron chi connectivity index (χ4n) is 1.38. The Morgan fingerprint density at radius 2 is 2.22 bits per heavy atom. The molecule has 96 valence electrons. The topological polar surface area (TPSA) is 110 Å². The van der Waals surface area contributed by atoms with Crippen molar-refractivity contribution in [1.29, 1.82) is 0 Å². The molecule has 0 unspecified atom stereocenters. The van der Waals surface area contributed by atoms with Crippen molar-refractivity contribution >= 4 is 21.4 Å². The van der Waals surface area contributed by atoms with Crippen molar-refractivity contribution in [1.82, 2.24) is 10.2 Å². The lowest BCUT2D eigenvalue weighted by Crippen LogP contribution is -2.12. The lowest BCUT2D eigenvalue weighted by Gasteiger charge is -2.09. The van der Waals surface area contributed by atoms with Crippen LogP contribution in [0.4, 0.5) is 11.4 Å². The number of H-pyrrole nitrogens is 1. The molecule has 2 aromatic rings. The van der Waals surface area contributed by atoms with Gasteiger partial charge in [-0.3, -0.25) is 9.82 Å². The molecule has 0 saturated heterocycles. The smallest absolute Gasteiger partial charge is 0.262 e. The zero-order valence-corrected chi connectivity index (χ0v) is 10.4. The zero-order valence-electron chi connectivity index (χ0n) is 9.54. The van der Waals surface area contributed by atoms with Crippen LogP contribution < -0.4 is 15.2 Å². The van der Waals surface area contributed by atoms with E-state index < -0.39 is 10.0 Å². The van der Waals surface area contributed by atoms with Gasteiger partial charge in [-0.2, -0.15) is 5.10 Å². The Morgan fingerprint density at radius 1 is 1.44 bits per heavy atom. The van der Waals surface area contributed by atoms with Crippen LogP contribution in [0.15, 0.2) is 35.5 Å². The molecule has 4 N–H and O–H groups in total. The third-order valence-electron chi connectivity index (χ3n) is 2.27. The summed E-state index contributed by atoms with van der Waals surface area (Å²) in [6, 6.07) is 4.24. The van der Waals surface area contributed by atoms with Crippen LogP contribution in [0.3, 0.4) is 0 Å². The number of methoxy groups -OCH3 is 1. The molecule has 8 heteroatoms. The maximum Gasteiger partial charge on any atom is 0.262 e. The average Bonchev–Trinajstić information content (AvgIpc) is 2.81. The Bertz CT molecular complexity index is 637. The molecule has 0 radical (unpaired) electrons. The average molecular weight is 268 g/mol. The van der Waals surface area contributed by atoms with E-state index in [4.69, 9.17) is 10.5 Å². The SMILES string of the molecule is COc1cc(S(=O)(=O)Nc2cn[nH]c2)ccc1N. The van der Waals surface area contributed by atoms with Crippen LogP contribution in [-0.2, 0) is 10.0 Å². The molecular formula is C10H12N4O3S. The van der Waals surface area contributed by atoms with Gasteiger partial charge in [-0.05, 0) is 12.1 Å². The number of hydrogen-bond acceptors (Lipinski definition) is 5. The molecule has 1 aromatic heterocycles.